The van der Waals surface area contributed by atoms with Gasteiger partial charge in [0, 0.05) is 11.3 Å². The van der Waals surface area contributed by atoms with Gasteiger partial charge in [-0.2, -0.15) is 0 Å². The van der Waals surface area contributed by atoms with Crippen LogP contribution in [0.15, 0.2) is 84.9 Å². The highest BCUT2D eigenvalue weighted by atomic mass is 16.5. The Hall–Kier alpha value is -3.00. The van der Waals surface area contributed by atoms with Crippen LogP contribution < -0.4 is 10.5 Å². The molecule has 2 nitrogen and oxygen atoms in total. The van der Waals surface area contributed by atoms with Crippen LogP contribution in [0.5, 0.6) is 5.75 Å². The summed E-state index contributed by atoms with van der Waals surface area (Å²) in [7, 11) is 1.69. The number of hydrogen-bond acceptors (Lipinski definition) is 2. The molecule has 0 fully saturated rings. The molecule has 0 unspecified atom stereocenters. The second-order valence-corrected chi connectivity index (χ2v) is 5.63. The van der Waals surface area contributed by atoms with E-state index < -0.39 is 0 Å². The molecule has 24 heavy (non-hydrogen) atoms. The molecule has 0 saturated heterocycles. The predicted octanol–water partition coefficient (Wildman–Crippen LogP) is 4.95. The van der Waals surface area contributed by atoms with Crippen LogP contribution in [-0.2, 0) is 6.42 Å². The van der Waals surface area contributed by atoms with E-state index in [1.807, 2.05) is 42.5 Å². The van der Waals surface area contributed by atoms with Crippen molar-refractivity contribution in [2.75, 3.05) is 12.8 Å². The molecule has 0 amide bonds. The highest BCUT2D eigenvalue weighted by molar-refractivity contribution is 5.84. The van der Waals surface area contributed by atoms with E-state index in [1.165, 1.54) is 5.56 Å². The number of methoxy groups -OCH3 is 1. The van der Waals surface area contributed by atoms with Crippen molar-refractivity contribution >= 4 is 11.3 Å². The van der Waals surface area contributed by atoms with Crippen molar-refractivity contribution < 1.29 is 4.74 Å². The lowest BCUT2D eigenvalue weighted by atomic mass is 9.94. The Morgan fingerprint density at radius 3 is 2.25 bits per heavy atom. The molecule has 120 valence electrons. The maximum atomic E-state index is 6.02. The summed E-state index contributed by atoms with van der Waals surface area (Å²) < 4.78 is 5.56. The zero-order valence-electron chi connectivity index (χ0n) is 13.8. The van der Waals surface area contributed by atoms with Crippen LogP contribution in [0.4, 0.5) is 5.69 Å². The van der Waals surface area contributed by atoms with Gasteiger partial charge in [0.1, 0.15) is 5.75 Å². The largest absolute Gasteiger partial charge is 0.496 e. The maximum absolute atomic E-state index is 6.02. The second-order valence-electron chi connectivity index (χ2n) is 5.63. The topological polar surface area (TPSA) is 35.2 Å². The van der Waals surface area contributed by atoms with Crippen LogP contribution in [-0.4, -0.2) is 7.11 Å². The molecule has 0 radical (unpaired) electrons. The summed E-state index contributed by atoms with van der Waals surface area (Å²) in [5.74, 6) is 0.826. The van der Waals surface area contributed by atoms with E-state index in [1.54, 1.807) is 7.11 Å². The van der Waals surface area contributed by atoms with Gasteiger partial charge in [-0.15, -0.1) is 0 Å². The van der Waals surface area contributed by atoms with Gasteiger partial charge in [0.15, 0.2) is 0 Å². The molecular weight excluding hydrogens is 294 g/mol. The number of anilines is 1. The minimum absolute atomic E-state index is 0.729. The molecule has 3 aromatic rings. The molecule has 0 bridgehead atoms. The number of ether oxygens (including phenoxy) is 1. The Labute approximate surface area is 143 Å². The first kappa shape index (κ1) is 15.9. The van der Waals surface area contributed by atoms with E-state index >= 15 is 0 Å². The molecule has 2 N–H and O–H groups in total. The summed E-state index contributed by atoms with van der Waals surface area (Å²) >= 11 is 0. The summed E-state index contributed by atoms with van der Waals surface area (Å²) in [6.45, 7) is 0. The molecule has 0 aliphatic heterocycles. The van der Waals surface area contributed by atoms with Crippen LogP contribution >= 0.6 is 0 Å². The van der Waals surface area contributed by atoms with E-state index in [9.17, 15) is 0 Å². The van der Waals surface area contributed by atoms with Crippen molar-refractivity contribution in [2.24, 2.45) is 0 Å². The van der Waals surface area contributed by atoms with E-state index in [0.717, 1.165) is 34.6 Å². The monoisotopic (exact) mass is 315 g/mol. The highest BCUT2D eigenvalue weighted by Crippen LogP contribution is 2.33. The zero-order chi connectivity index (χ0) is 16.8. The second kappa shape index (κ2) is 7.51. The molecule has 0 aliphatic carbocycles. The van der Waals surface area contributed by atoms with Crippen LogP contribution in [0.2, 0.25) is 0 Å². The van der Waals surface area contributed by atoms with Crippen molar-refractivity contribution in [3.05, 3.63) is 102 Å². The third-order valence-corrected chi connectivity index (χ3v) is 3.98. The lowest BCUT2D eigenvalue weighted by Gasteiger charge is -2.14. The molecule has 0 heterocycles. The Morgan fingerprint density at radius 1 is 0.917 bits per heavy atom. The number of nitrogen functional groups attached to an aromatic ring is 1. The third-order valence-electron chi connectivity index (χ3n) is 3.98. The average molecular weight is 315 g/mol. The van der Waals surface area contributed by atoms with Gasteiger partial charge in [-0.05, 0) is 41.3 Å². The number of rotatable bonds is 5. The molecule has 0 aliphatic rings. The molecule has 0 saturated carbocycles. The zero-order valence-corrected chi connectivity index (χ0v) is 13.8. The first-order chi connectivity index (χ1) is 11.8. The molecule has 2 heteroatoms. The Balaban J connectivity index is 2.08. The maximum Gasteiger partial charge on any atom is 0.126 e. The number of benzene rings is 3. The fourth-order valence-electron chi connectivity index (χ4n) is 2.77. The molecular formula is C22H21NO. The van der Waals surface area contributed by atoms with Gasteiger partial charge in [-0.1, -0.05) is 66.7 Å². The van der Waals surface area contributed by atoms with E-state index in [-0.39, 0.29) is 0 Å². The summed E-state index contributed by atoms with van der Waals surface area (Å²) in [4.78, 5) is 0. The van der Waals surface area contributed by atoms with E-state index in [2.05, 4.69) is 42.5 Å². The minimum atomic E-state index is 0.729. The molecule has 0 spiro atoms. The smallest absolute Gasteiger partial charge is 0.126 e. The molecule has 0 atom stereocenters. The molecule has 3 rings (SSSR count). The minimum Gasteiger partial charge on any atom is -0.496 e. The van der Waals surface area contributed by atoms with Crippen molar-refractivity contribution in [2.45, 2.75) is 6.42 Å². The predicted molar refractivity (Wildman–Crippen MR) is 101 cm³/mol. The van der Waals surface area contributed by atoms with E-state index in [0.29, 0.717) is 0 Å². The van der Waals surface area contributed by atoms with Gasteiger partial charge < -0.3 is 10.5 Å². The van der Waals surface area contributed by atoms with Crippen molar-refractivity contribution in [1.29, 1.82) is 0 Å². The Morgan fingerprint density at radius 2 is 1.58 bits per heavy atom. The van der Waals surface area contributed by atoms with Gasteiger partial charge >= 0.3 is 0 Å². The van der Waals surface area contributed by atoms with Crippen molar-refractivity contribution in [3.8, 4) is 5.75 Å². The Kier molecular flexibility index (Phi) is 4.97. The van der Waals surface area contributed by atoms with Gasteiger partial charge in [-0.3, -0.25) is 0 Å². The van der Waals surface area contributed by atoms with Gasteiger partial charge in [0.05, 0.1) is 7.11 Å². The van der Waals surface area contributed by atoms with Crippen LogP contribution in [0.3, 0.4) is 0 Å². The number of allylic oxidation sites excluding steroid dienone is 1. The molecule has 0 aromatic heterocycles. The van der Waals surface area contributed by atoms with Crippen molar-refractivity contribution in [1.82, 2.24) is 0 Å². The summed E-state index contributed by atoms with van der Waals surface area (Å²) in [6, 6.07) is 26.5. The van der Waals surface area contributed by atoms with Crippen molar-refractivity contribution in [3.63, 3.8) is 0 Å². The summed E-state index contributed by atoms with van der Waals surface area (Å²) in [5, 5.41) is 0. The lowest BCUT2D eigenvalue weighted by Crippen LogP contribution is -1.97. The normalized spacial score (nSPS) is 11.3. The van der Waals surface area contributed by atoms with Gasteiger partial charge in [0.2, 0.25) is 0 Å². The first-order valence-electron chi connectivity index (χ1n) is 8.01. The van der Waals surface area contributed by atoms with Crippen LogP contribution in [0.1, 0.15) is 16.7 Å². The van der Waals surface area contributed by atoms with Crippen LogP contribution in [0.25, 0.3) is 5.57 Å². The standard InChI is InChI=1S/C22H21NO/c1-24-22-15-13-19(23)16-21(22)20(18-10-6-3-7-11-18)14-12-17-8-4-2-5-9-17/h2-11,13-16H,12,23H2,1H3/b20-14+. The SMILES string of the molecule is COc1ccc(N)cc1/C(=C/Cc1ccccc1)c1ccccc1. The fraction of sp³-hybridized carbons (Fsp3) is 0.0909. The number of nitrogens with two attached hydrogens (primary N) is 1. The average Bonchev–Trinajstić information content (AvgIpc) is 2.64. The summed E-state index contributed by atoms with van der Waals surface area (Å²) in [5.41, 5.74) is 11.3. The highest BCUT2D eigenvalue weighted by Gasteiger charge is 2.11. The fourth-order valence-corrected chi connectivity index (χ4v) is 2.77. The molecule has 3 aromatic carbocycles. The summed E-state index contributed by atoms with van der Waals surface area (Å²) in [6.07, 6.45) is 3.09. The number of hydrogen-bond donors (Lipinski definition) is 1. The quantitative estimate of drug-likeness (QED) is 0.676. The Bertz CT molecular complexity index is 823. The van der Waals surface area contributed by atoms with Gasteiger partial charge in [-0.25, -0.2) is 0 Å². The van der Waals surface area contributed by atoms with Crippen LogP contribution in [0, 0.1) is 0 Å². The third kappa shape index (κ3) is 3.66. The van der Waals surface area contributed by atoms with E-state index in [4.69, 9.17) is 10.5 Å². The first-order valence-corrected chi connectivity index (χ1v) is 8.01. The lowest BCUT2D eigenvalue weighted by molar-refractivity contribution is 0.413. The van der Waals surface area contributed by atoms with Gasteiger partial charge in [0.25, 0.3) is 0 Å².